The Hall–Kier alpha value is -2.35. The van der Waals surface area contributed by atoms with Gasteiger partial charge in [0.2, 0.25) is 0 Å². The van der Waals surface area contributed by atoms with Crippen molar-refractivity contribution in [2.24, 2.45) is 5.92 Å². The highest BCUT2D eigenvalue weighted by Gasteiger charge is 2.14. The number of hydrogen-bond donors (Lipinski definition) is 2. The number of hydrogen-bond acceptors (Lipinski definition) is 3. The summed E-state index contributed by atoms with van der Waals surface area (Å²) >= 11 is 0. The molecule has 0 aliphatic carbocycles. The number of para-hydroxylation sites is 1. The molecule has 0 saturated carbocycles. The minimum absolute atomic E-state index is 0.325. The van der Waals surface area contributed by atoms with Crippen LogP contribution >= 0.6 is 0 Å². The predicted octanol–water partition coefficient (Wildman–Crippen LogP) is 1.66. The van der Waals surface area contributed by atoms with Gasteiger partial charge in [-0.1, -0.05) is 26.0 Å². The first-order valence-electron chi connectivity index (χ1n) is 6.13. The molecule has 19 heavy (non-hydrogen) atoms. The smallest absolute Gasteiger partial charge is 0.313 e. The van der Waals surface area contributed by atoms with Crippen LogP contribution in [0.5, 0.6) is 0 Å². The maximum atomic E-state index is 11.6. The molecule has 0 spiro atoms. The summed E-state index contributed by atoms with van der Waals surface area (Å²) in [7, 11) is 0. The molecule has 0 bridgehead atoms. The molecule has 0 fully saturated rings. The van der Waals surface area contributed by atoms with Crippen molar-refractivity contribution in [3.63, 3.8) is 0 Å². The number of nitriles is 1. The minimum atomic E-state index is -0.758. The molecule has 0 aromatic heterocycles. The average molecular weight is 259 g/mol. The maximum Gasteiger partial charge on any atom is 0.313 e. The third-order valence-corrected chi connectivity index (χ3v) is 2.51. The maximum absolute atomic E-state index is 11.6. The standard InChI is InChI=1S/C14H17N3O2/c1-10(2)7-8-16-13(18)14(19)17-12-6-4-3-5-11(12)9-15/h3-6,10H,7-8H2,1-2H3,(H,16,18)(H,17,19). The van der Waals surface area contributed by atoms with Crippen LogP contribution in [0.1, 0.15) is 25.8 Å². The van der Waals surface area contributed by atoms with E-state index in [1.807, 2.05) is 19.9 Å². The number of nitrogens with one attached hydrogen (secondary N) is 2. The van der Waals surface area contributed by atoms with Crippen LogP contribution in [0, 0.1) is 17.2 Å². The van der Waals surface area contributed by atoms with Crippen LogP contribution in [0.3, 0.4) is 0 Å². The molecule has 5 nitrogen and oxygen atoms in total. The van der Waals surface area contributed by atoms with E-state index in [2.05, 4.69) is 10.6 Å². The topological polar surface area (TPSA) is 82.0 Å². The summed E-state index contributed by atoms with van der Waals surface area (Å²) in [5.41, 5.74) is 0.667. The predicted molar refractivity (Wildman–Crippen MR) is 72.3 cm³/mol. The highest BCUT2D eigenvalue weighted by atomic mass is 16.2. The lowest BCUT2D eigenvalue weighted by Gasteiger charge is -2.08. The molecule has 2 N–H and O–H groups in total. The van der Waals surface area contributed by atoms with Crippen molar-refractivity contribution in [3.8, 4) is 6.07 Å². The van der Waals surface area contributed by atoms with E-state index in [-0.39, 0.29) is 0 Å². The van der Waals surface area contributed by atoms with Gasteiger partial charge in [-0.05, 0) is 24.5 Å². The summed E-state index contributed by atoms with van der Waals surface area (Å²) in [4.78, 5) is 23.1. The van der Waals surface area contributed by atoms with Crippen molar-refractivity contribution in [2.45, 2.75) is 20.3 Å². The van der Waals surface area contributed by atoms with Gasteiger partial charge in [-0.25, -0.2) is 0 Å². The van der Waals surface area contributed by atoms with Gasteiger partial charge in [0.1, 0.15) is 6.07 Å². The second-order valence-electron chi connectivity index (χ2n) is 4.55. The zero-order valence-electron chi connectivity index (χ0n) is 11.1. The van der Waals surface area contributed by atoms with E-state index in [9.17, 15) is 9.59 Å². The third kappa shape index (κ3) is 4.80. The number of carbonyl (C=O) groups excluding carboxylic acids is 2. The van der Waals surface area contributed by atoms with Gasteiger partial charge in [-0.2, -0.15) is 5.26 Å². The average Bonchev–Trinajstić information content (AvgIpc) is 2.38. The minimum Gasteiger partial charge on any atom is -0.348 e. The molecule has 5 heteroatoms. The fraction of sp³-hybridized carbons (Fsp3) is 0.357. The molecule has 1 aromatic rings. The molecule has 0 aliphatic rings. The molecular weight excluding hydrogens is 242 g/mol. The lowest BCUT2D eigenvalue weighted by Crippen LogP contribution is -2.36. The Morgan fingerprint density at radius 3 is 2.58 bits per heavy atom. The molecular formula is C14H17N3O2. The Balaban J connectivity index is 2.55. The van der Waals surface area contributed by atoms with Gasteiger partial charge in [0.05, 0.1) is 11.3 Å². The molecule has 2 amide bonds. The first-order valence-corrected chi connectivity index (χ1v) is 6.13. The fourth-order valence-corrected chi connectivity index (χ4v) is 1.42. The Morgan fingerprint density at radius 1 is 1.26 bits per heavy atom. The second kappa shape index (κ2) is 7.17. The van der Waals surface area contributed by atoms with Crippen LogP contribution in [0.25, 0.3) is 0 Å². The molecule has 1 aromatic carbocycles. The SMILES string of the molecule is CC(C)CCNC(=O)C(=O)Nc1ccccc1C#N. The summed E-state index contributed by atoms with van der Waals surface area (Å²) in [5.74, 6) is -0.984. The molecule has 0 unspecified atom stereocenters. The Morgan fingerprint density at radius 2 is 1.95 bits per heavy atom. The number of amides is 2. The Bertz CT molecular complexity index is 504. The van der Waals surface area contributed by atoms with E-state index in [0.717, 1.165) is 6.42 Å². The monoisotopic (exact) mass is 259 g/mol. The van der Waals surface area contributed by atoms with Gasteiger partial charge in [-0.3, -0.25) is 9.59 Å². The number of nitrogens with zero attached hydrogens (tertiary/aromatic N) is 1. The number of anilines is 1. The summed E-state index contributed by atoms with van der Waals surface area (Å²) < 4.78 is 0. The summed E-state index contributed by atoms with van der Waals surface area (Å²) in [6.07, 6.45) is 0.813. The van der Waals surface area contributed by atoms with Crippen molar-refractivity contribution in [2.75, 3.05) is 11.9 Å². The van der Waals surface area contributed by atoms with Gasteiger partial charge in [0, 0.05) is 6.54 Å². The Kier molecular flexibility index (Phi) is 5.55. The number of rotatable bonds is 4. The fourth-order valence-electron chi connectivity index (χ4n) is 1.42. The van der Waals surface area contributed by atoms with E-state index in [0.29, 0.717) is 23.7 Å². The second-order valence-corrected chi connectivity index (χ2v) is 4.55. The number of benzene rings is 1. The van der Waals surface area contributed by atoms with Crippen molar-refractivity contribution in [1.82, 2.24) is 5.32 Å². The highest BCUT2D eigenvalue weighted by Crippen LogP contribution is 2.13. The summed E-state index contributed by atoms with van der Waals surface area (Å²) in [6.45, 7) is 4.54. The Labute approximate surface area is 112 Å². The largest absolute Gasteiger partial charge is 0.348 e. The van der Waals surface area contributed by atoms with E-state index in [1.165, 1.54) is 0 Å². The lowest BCUT2D eigenvalue weighted by molar-refractivity contribution is -0.136. The highest BCUT2D eigenvalue weighted by molar-refractivity contribution is 6.39. The molecule has 0 heterocycles. The van der Waals surface area contributed by atoms with E-state index in [1.54, 1.807) is 24.3 Å². The van der Waals surface area contributed by atoms with Crippen LogP contribution in [0.15, 0.2) is 24.3 Å². The molecule has 0 atom stereocenters. The van der Waals surface area contributed by atoms with Crippen LogP contribution in [-0.4, -0.2) is 18.4 Å². The molecule has 0 saturated heterocycles. The van der Waals surface area contributed by atoms with Crippen LogP contribution in [0.4, 0.5) is 5.69 Å². The summed E-state index contributed by atoms with van der Waals surface area (Å²) in [6, 6.07) is 8.49. The van der Waals surface area contributed by atoms with Crippen LogP contribution < -0.4 is 10.6 Å². The van der Waals surface area contributed by atoms with E-state index >= 15 is 0 Å². The van der Waals surface area contributed by atoms with Crippen molar-refractivity contribution < 1.29 is 9.59 Å². The molecule has 100 valence electrons. The van der Waals surface area contributed by atoms with Crippen LogP contribution in [-0.2, 0) is 9.59 Å². The molecule has 0 aliphatic heterocycles. The van der Waals surface area contributed by atoms with Gasteiger partial charge < -0.3 is 10.6 Å². The lowest BCUT2D eigenvalue weighted by atomic mass is 10.1. The molecule has 0 radical (unpaired) electrons. The third-order valence-electron chi connectivity index (χ3n) is 2.51. The van der Waals surface area contributed by atoms with Gasteiger partial charge in [0.15, 0.2) is 0 Å². The zero-order valence-corrected chi connectivity index (χ0v) is 11.1. The first kappa shape index (κ1) is 14.7. The van der Waals surface area contributed by atoms with Crippen molar-refractivity contribution in [1.29, 1.82) is 5.26 Å². The quantitative estimate of drug-likeness (QED) is 0.807. The van der Waals surface area contributed by atoms with Gasteiger partial charge >= 0.3 is 11.8 Å². The molecule has 1 rings (SSSR count). The van der Waals surface area contributed by atoms with Crippen molar-refractivity contribution in [3.05, 3.63) is 29.8 Å². The first-order chi connectivity index (χ1) is 9.04. The van der Waals surface area contributed by atoms with Gasteiger partial charge in [0.25, 0.3) is 0 Å². The van der Waals surface area contributed by atoms with E-state index < -0.39 is 11.8 Å². The van der Waals surface area contributed by atoms with Gasteiger partial charge in [-0.15, -0.1) is 0 Å². The number of carbonyl (C=O) groups is 2. The van der Waals surface area contributed by atoms with E-state index in [4.69, 9.17) is 5.26 Å². The van der Waals surface area contributed by atoms with Crippen molar-refractivity contribution >= 4 is 17.5 Å². The normalized spacial score (nSPS) is 9.79. The summed E-state index contributed by atoms with van der Waals surface area (Å²) in [5, 5.41) is 13.8. The zero-order chi connectivity index (χ0) is 14.3. The van der Waals surface area contributed by atoms with Crippen LogP contribution in [0.2, 0.25) is 0 Å².